The molecule has 1 aliphatic rings. The molecule has 0 amide bonds. The van der Waals surface area contributed by atoms with Crippen LogP contribution in [0.1, 0.15) is 37.7 Å². The van der Waals surface area contributed by atoms with Crippen LogP contribution in [0.3, 0.4) is 0 Å². The minimum absolute atomic E-state index is 0.429. The first kappa shape index (κ1) is 19.5. The zero-order valence-electron chi connectivity index (χ0n) is 14.4. The molecule has 0 aromatic heterocycles. The van der Waals surface area contributed by atoms with E-state index in [4.69, 9.17) is 0 Å². The topological polar surface area (TPSA) is 9.23 Å². The molecule has 1 nitrogen and oxygen atoms in total. The van der Waals surface area contributed by atoms with Gasteiger partial charge in [0.25, 0.3) is 0 Å². The van der Waals surface area contributed by atoms with Gasteiger partial charge in [-0.1, -0.05) is 52.9 Å². The van der Waals surface area contributed by atoms with Gasteiger partial charge >= 0.3 is 6.61 Å². The van der Waals surface area contributed by atoms with Crippen LogP contribution in [0.5, 0.6) is 5.75 Å². The maximum Gasteiger partial charge on any atom is 0.387 e. The summed E-state index contributed by atoms with van der Waals surface area (Å²) < 4.78 is 43.3. The van der Waals surface area contributed by atoms with Crippen LogP contribution in [0.2, 0.25) is 0 Å². The fourth-order valence-electron chi connectivity index (χ4n) is 3.52. The number of hydrogen-bond donors (Lipinski definition) is 0. The number of aryl methyl sites for hydroxylation is 1. The second-order valence-corrected chi connectivity index (χ2v) is 8.64. The molecule has 0 heterocycles. The van der Waals surface area contributed by atoms with Crippen LogP contribution < -0.4 is 4.74 Å². The minimum atomic E-state index is -3.03. The molecule has 1 saturated carbocycles. The molecule has 0 bridgehead atoms. The van der Waals surface area contributed by atoms with E-state index >= 15 is 0 Å². The number of halogens is 4. The van der Waals surface area contributed by atoms with E-state index in [1.54, 1.807) is 6.07 Å². The van der Waals surface area contributed by atoms with E-state index in [9.17, 15) is 13.2 Å². The summed E-state index contributed by atoms with van der Waals surface area (Å²) >= 11 is 2.55. The quantitative estimate of drug-likeness (QED) is 0.323. The van der Waals surface area contributed by atoms with Gasteiger partial charge < -0.3 is 4.74 Å². The van der Waals surface area contributed by atoms with Crippen molar-refractivity contribution in [3.8, 4) is 16.9 Å². The average Bonchev–Trinajstić information content (AvgIpc) is 2.63. The van der Waals surface area contributed by atoms with Gasteiger partial charge in [-0.3, -0.25) is 0 Å². The van der Waals surface area contributed by atoms with E-state index in [0.717, 1.165) is 21.8 Å². The maximum absolute atomic E-state index is 13.9. The standard InChI is InChI=1S/C21H22F3IO/c22-19-13-17(9-12-20(19)26-21(23)24)16-7-3-14(4-8-16)1-2-15-5-10-18(25)11-6-15/h3-4,7-9,12-13,15,18,21H,1-2,5-6,10-11H2. The SMILES string of the molecule is Fc1cc(-c2ccc(CCC3CCC(I)CC3)cc2)ccc1OC(F)F. The van der Waals surface area contributed by atoms with Crippen molar-refractivity contribution >= 4 is 22.6 Å². The molecule has 26 heavy (non-hydrogen) atoms. The van der Waals surface area contributed by atoms with Crippen molar-refractivity contribution in [2.75, 3.05) is 0 Å². The summed E-state index contributed by atoms with van der Waals surface area (Å²) in [5.74, 6) is -0.378. The number of hydrogen-bond acceptors (Lipinski definition) is 1. The molecule has 2 aromatic rings. The highest BCUT2D eigenvalue weighted by atomic mass is 127. The third-order valence-corrected chi connectivity index (χ3v) is 6.30. The minimum Gasteiger partial charge on any atom is -0.432 e. The highest BCUT2D eigenvalue weighted by molar-refractivity contribution is 14.1. The van der Waals surface area contributed by atoms with Gasteiger partial charge in [0.15, 0.2) is 11.6 Å². The van der Waals surface area contributed by atoms with Gasteiger partial charge in [0.05, 0.1) is 0 Å². The van der Waals surface area contributed by atoms with Gasteiger partial charge in [0.2, 0.25) is 0 Å². The van der Waals surface area contributed by atoms with Crippen molar-refractivity contribution in [2.45, 2.75) is 49.1 Å². The normalized spacial score (nSPS) is 20.3. The predicted molar refractivity (Wildman–Crippen MR) is 107 cm³/mol. The molecule has 0 unspecified atom stereocenters. The van der Waals surface area contributed by atoms with E-state index in [0.29, 0.717) is 5.56 Å². The molecule has 0 radical (unpaired) electrons. The number of rotatable bonds is 6. The zero-order valence-corrected chi connectivity index (χ0v) is 16.6. The van der Waals surface area contributed by atoms with E-state index in [-0.39, 0.29) is 0 Å². The fraction of sp³-hybridized carbons (Fsp3) is 0.429. The Hall–Kier alpha value is -1.24. The first-order valence-electron chi connectivity index (χ1n) is 8.99. The number of ether oxygens (including phenoxy) is 1. The summed E-state index contributed by atoms with van der Waals surface area (Å²) in [6.45, 7) is -3.03. The molecule has 0 spiro atoms. The van der Waals surface area contributed by atoms with Crippen LogP contribution in [0.4, 0.5) is 13.2 Å². The third kappa shape index (κ3) is 5.38. The molecule has 0 atom stereocenters. The van der Waals surface area contributed by atoms with Gasteiger partial charge in [-0.25, -0.2) is 4.39 Å². The van der Waals surface area contributed by atoms with Crippen LogP contribution >= 0.6 is 22.6 Å². The van der Waals surface area contributed by atoms with Gasteiger partial charge in [-0.05, 0) is 73.3 Å². The summed E-state index contributed by atoms with van der Waals surface area (Å²) in [4.78, 5) is 0. The molecule has 1 aliphatic carbocycles. The largest absolute Gasteiger partial charge is 0.432 e. The Labute approximate surface area is 166 Å². The highest BCUT2D eigenvalue weighted by Crippen LogP contribution is 2.32. The van der Waals surface area contributed by atoms with Crippen LogP contribution in [-0.2, 0) is 6.42 Å². The van der Waals surface area contributed by atoms with Crippen LogP contribution in [0, 0.1) is 11.7 Å². The molecular weight excluding hydrogens is 452 g/mol. The van der Waals surface area contributed by atoms with E-state index < -0.39 is 18.2 Å². The average molecular weight is 474 g/mol. The van der Waals surface area contributed by atoms with Gasteiger partial charge in [-0.15, -0.1) is 0 Å². The van der Waals surface area contributed by atoms with Crippen molar-refractivity contribution in [1.82, 2.24) is 0 Å². The van der Waals surface area contributed by atoms with Crippen molar-refractivity contribution in [3.05, 3.63) is 53.8 Å². The smallest absolute Gasteiger partial charge is 0.387 e. The Morgan fingerprint density at radius 1 is 0.962 bits per heavy atom. The first-order valence-corrected chi connectivity index (χ1v) is 10.2. The zero-order chi connectivity index (χ0) is 18.5. The van der Waals surface area contributed by atoms with E-state index in [1.165, 1.54) is 49.8 Å². The summed E-state index contributed by atoms with van der Waals surface area (Å²) in [7, 11) is 0. The summed E-state index contributed by atoms with van der Waals surface area (Å²) in [6, 6.07) is 12.1. The van der Waals surface area contributed by atoms with E-state index in [1.807, 2.05) is 12.1 Å². The monoisotopic (exact) mass is 474 g/mol. The van der Waals surface area contributed by atoms with Crippen LogP contribution in [0.15, 0.2) is 42.5 Å². The molecule has 5 heteroatoms. The first-order chi connectivity index (χ1) is 12.5. The Morgan fingerprint density at radius 2 is 1.62 bits per heavy atom. The molecule has 0 aliphatic heterocycles. The lowest BCUT2D eigenvalue weighted by molar-refractivity contribution is -0.0521. The Balaban J connectivity index is 1.59. The van der Waals surface area contributed by atoms with Crippen molar-refractivity contribution in [3.63, 3.8) is 0 Å². The molecular formula is C21H22F3IO. The predicted octanol–water partition coefficient (Wildman–Crippen LogP) is 7.02. The molecule has 1 fully saturated rings. The Bertz CT molecular complexity index is 710. The molecule has 140 valence electrons. The maximum atomic E-state index is 13.9. The van der Waals surface area contributed by atoms with Crippen molar-refractivity contribution in [2.24, 2.45) is 5.92 Å². The molecule has 0 N–H and O–H groups in total. The highest BCUT2D eigenvalue weighted by Gasteiger charge is 2.18. The lowest BCUT2D eigenvalue weighted by Crippen LogP contribution is -2.14. The Kier molecular flexibility index (Phi) is 6.84. The lowest BCUT2D eigenvalue weighted by atomic mass is 9.85. The van der Waals surface area contributed by atoms with Crippen molar-refractivity contribution < 1.29 is 17.9 Å². The molecule has 0 saturated heterocycles. The second-order valence-electron chi connectivity index (χ2n) is 6.88. The Morgan fingerprint density at radius 3 is 2.23 bits per heavy atom. The summed E-state index contributed by atoms with van der Waals surface area (Å²) in [5, 5.41) is 0. The van der Waals surface area contributed by atoms with Gasteiger partial charge in [0, 0.05) is 3.92 Å². The summed E-state index contributed by atoms with van der Waals surface area (Å²) in [5.41, 5.74) is 2.79. The van der Waals surface area contributed by atoms with Crippen LogP contribution in [-0.4, -0.2) is 10.5 Å². The number of alkyl halides is 3. The van der Waals surface area contributed by atoms with E-state index in [2.05, 4.69) is 39.5 Å². The number of benzene rings is 2. The van der Waals surface area contributed by atoms with Gasteiger partial charge in [0.1, 0.15) is 0 Å². The van der Waals surface area contributed by atoms with Crippen LogP contribution in [0.25, 0.3) is 11.1 Å². The lowest BCUT2D eigenvalue weighted by Gasteiger charge is -2.25. The summed E-state index contributed by atoms with van der Waals surface area (Å²) in [6.07, 6.45) is 7.61. The molecule has 3 rings (SSSR count). The third-order valence-electron chi connectivity index (χ3n) is 5.05. The fourth-order valence-corrected chi connectivity index (χ4v) is 4.24. The van der Waals surface area contributed by atoms with Gasteiger partial charge in [-0.2, -0.15) is 8.78 Å². The second kappa shape index (κ2) is 9.11. The van der Waals surface area contributed by atoms with Crippen molar-refractivity contribution in [1.29, 1.82) is 0 Å². The molecule has 2 aromatic carbocycles.